The first-order valence-corrected chi connectivity index (χ1v) is 5.36. The van der Waals surface area contributed by atoms with E-state index < -0.39 is 17.8 Å². The van der Waals surface area contributed by atoms with Gasteiger partial charge < -0.3 is 10.4 Å². The number of hydrogen-bond acceptors (Lipinski definition) is 3. The Morgan fingerprint density at radius 3 is 2.94 bits per heavy atom. The van der Waals surface area contributed by atoms with Crippen molar-refractivity contribution in [2.75, 3.05) is 13.1 Å². The van der Waals surface area contributed by atoms with E-state index in [-0.39, 0.29) is 23.7 Å². The fraction of sp³-hybridized carbons (Fsp3) is 0.300. The Hall–Kier alpha value is -1.82. The van der Waals surface area contributed by atoms with Crippen LogP contribution < -0.4 is 5.32 Å². The summed E-state index contributed by atoms with van der Waals surface area (Å²) in [4.78, 5) is 13.6. The quantitative estimate of drug-likeness (QED) is 0.360. The molecule has 1 aromatic rings. The van der Waals surface area contributed by atoms with Gasteiger partial charge >= 0.3 is 5.97 Å². The van der Waals surface area contributed by atoms with Crippen molar-refractivity contribution in [2.45, 2.75) is 6.04 Å². The van der Waals surface area contributed by atoms with E-state index in [1.807, 2.05) is 0 Å². The lowest BCUT2D eigenvalue weighted by atomic mass is 10.1. The molecule has 0 aromatic heterocycles. The minimum absolute atomic E-state index is 0.0266. The highest BCUT2D eigenvalue weighted by molar-refractivity contribution is 6.31. The van der Waals surface area contributed by atoms with Gasteiger partial charge in [0.25, 0.3) is 0 Å². The van der Waals surface area contributed by atoms with Crippen molar-refractivity contribution in [1.29, 1.82) is 0 Å². The van der Waals surface area contributed by atoms with Crippen molar-refractivity contribution < 1.29 is 14.3 Å². The molecule has 18 heavy (non-hydrogen) atoms. The Morgan fingerprint density at radius 2 is 2.39 bits per heavy atom. The number of benzene rings is 1. The molecule has 0 radical (unpaired) electrons. The smallest absolute Gasteiger partial charge is 0.325 e. The molecular formula is C10H10ClFN4O2. The van der Waals surface area contributed by atoms with E-state index in [9.17, 15) is 9.18 Å². The number of azide groups is 1. The molecule has 0 amide bonds. The lowest BCUT2D eigenvalue weighted by molar-refractivity contribution is -0.139. The number of carboxylic acid groups (broad SMARTS) is 1. The summed E-state index contributed by atoms with van der Waals surface area (Å²) in [6.45, 7) is 0.286. The zero-order valence-electron chi connectivity index (χ0n) is 9.18. The van der Waals surface area contributed by atoms with Crippen LogP contribution in [0, 0.1) is 5.82 Å². The van der Waals surface area contributed by atoms with Crippen LogP contribution in [0.15, 0.2) is 23.3 Å². The second kappa shape index (κ2) is 6.80. The van der Waals surface area contributed by atoms with Gasteiger partial charge in [0.15, 0.2) is 0 Å². The molecule has 0 aliphatic rings. The summed E-state index contributed by atoms with van der Waals surface area (Å²) in [6, 6.07) is 2.40. The molecule has 1 atom stereocenters. The predicted molar refractivity (Wildman–Crippen MR) is 63.8 cm³/mol. The topological polar surface area (TPSA) is 98.1 Å². The van der Waals surface area contributed by atoms with Crippen molar-refractivity contribution in [3.8, 4) is 0 Å². The number of rotatable bonds is 6. The van der Waals surface area contributed by atoms with Crippen LogP contribution in [-0.2, 0) is 4.79 Å². The van der Waals surface area contributed by atoms with Crippen LogP contribution in [0.3, 0.4) is 0 Å². The summed E-state index contributed by atoms with van der Waals surface area (Å²) in [5, 5.41) is 15.0. The highest BCUT2D eigenvalue weighted by Gasteiger charge is 2.21. The van der Waals surface area contributed by atoms with Crippen LogP contribution in [0.25, 0.3) is 10.4 Å². The maximum atomic E-state index is 12.9. The van der Waals surface area contributed by atoms with Gasteiger partial charge in [-0.25, -0.2) is 4.39 Å². The summed E-state index contributed by atoms with van der Waals surface area (Å²) in [5.74, 6) is -1.69. The molecule has 1 aromatic carbocycles. The maximum absolute atomic E-state index is 12.9. The van der Waals surface area contributed by atoms with Crippen molar-refractivity contribution >= 4 is 17.6 Å². The highest BCUT2D eigenvalue weighted by atomic mass is 35.5. The first kappa shape index (κ1) is 14.2. The molecule has 0 spiro atoms. The minimum atomic E-state index is -1.15. The van der Waals surface area contributed by atoms with Crippen molar-refractivity contribution in [3.05, 3.63) is 45.0 Å². The van der Waals surface area contributed by atoms with Crippen LogP contribution in [-0.4, -0.2) is 24.2 Å². The third-order valence-corrected chi connectivity index (χ3v) is 2.47. The molecule has 0 aliphatic heterocycles. The van der Waals surface area contributed by atoms with E-state index in [1.165, 1.54) is 6.07 Å². The van der Waals surface area contributed by atoms with Gasteiger partial charge in [0, 0.05) is 23.0 Å². The van der Waals surface area contributed by atoms with Crippen LogP contribution >= 0.6 is 11.6 Å². The van der Waals surface area contributed by atoms with Crippen molar-refractivity contribution in [3.63, 3.8) is 0 Å². The second-order valence-corrected chi connectivity index (χ2v) is 3.75. The summed E-state index contributed by atoms with van der Waals surface area (Å²) >= 11 is 5.78. The van der Waals surface area contributed by atoms with Gasteiger partial charge in [-0.05, 0) is 23.2 Å². The molecule has 0 aliphatic carbocycles. The average molecular weight is 273 g/mol. The third kappa shape index (κ3) is 3.89. The zero-order chi connectivity index (χ0) is 13.5. The van der Waals surface area contributed by atoms with Gasteiger partial charge in [-0.3, -0.25) is 4.79 Å². The lowest BCUT2D eigenvalue weighted by Crippen LogP contribution is -2.30. The maximum Gasteiger partial charge on any atom is 0.325 e. The van der Waals surface area contributed by atoms with E-state index in [0.717, 1.165) is 12.1 Å². The van der Waals surface area contributed by atoms with Crippen LogP contribution in [0.1, 0.15) is 11.6 Å². The number of carbonyl (C=O) groups is 1. The normalized spacial score (nSPS) is 11.7. The van der Waals surface area contributed by atoms with Crippen molar-refractivity contribution in [1.82, 2.24) is 5.32 Å². The molecule has 0 heterocycles. The van der Waals surface area contributed by atoms with Gasteiger partial charge in [0.05, 0.1) is 0 Å². The van der Waals surface area contributed by atoms with E-state index in [2.05, 4.69) is 15.3 Å². The number of hydrogen-bond donors (Lipinski definition) is 2. The Kier molecular flexibility index (Phi) is 5.38. The zero-order valence-corrected chi connectivity index (χ0v) is 9.93. The second-order valence-electron chi connectivity index (χ2n) is 3.35. The van der Waals surface area contributed by atoms with Gasteiger partial charge in [-0.2, -0.15) is 0 Å². The Morgan fingerprint density at radius 1 is 1.67 bits per heavy atom. The Labute approximate surface area is 107 Å². The number of aliphatic carboxylic acids is 1. The molecule has 6 nitrogen and oxygen atoms in total. The Bertz CT molecular complexity index is 491. The van der Waals surface area contributed by atoms with Gasteiger partial charge in [-0.1, -0.05) is 22.8 Å². The molecule has 0 bridgehead atoms. The first-order chi connectivity index (χ1) is 8.56. The van der Waals surface area contributed by atoms with Crippen molar-refractivity contribution in [2.24, 2.45) is 5.11 Å². The highest BCUT2D eigenvalue weighted by Crippen LogP contribution is 2.24. The molecule has 0 saturated carbocycles. The summed E-state index contributed by atoms with van der Waals surface area (Å²) in [6.07, 6.45) is 0. The number of halogens is 2. The standard InChI is InChI=1S/C10H10ClFN4O2/c11-8-5-6(12)1-2-7(8)9(10(17)18)14-3-4-15-16-13/h1-2,5,9,14H,3-4H2,(H,17,18). The largest absolute Gasteiger partial charge is 0.480 e. The first-order valence-electron chi connectivity index (χ1n) is 4.98. The van der Waals surface area contributed by atoms with E-state index in [1.54, 1.807) is 0 Å². The van der Waals surface area contributed by atoms with Gasteiger partial charge in [0.1, 0.15) is 11.9 Å². The molecule has 0 saturated heterocycles. The lowest BCUT2D eigenvalue weighted by Gasteiger charge is -2.15. The van der Waals surface area contributed by atoms with Crippen LogP contribution in [0.2, 0.25) is 5.02 Å². The molecular weight excluding hydrogens is 263 g/mol. The van der Waals surface area contributed by atoms with Crippen LogP contribution in [0.4, 0.5) is 4.39 Å². The van der Waals surface area contributed by atoms with E-state index in [0.29, 0.717) is 0 Å². The summed E-state index contributed by atoms with van der Waals surface area (Å²) < 4.78 is 12.9. The third-order valence-electron chi connectivity index (χ3n) is 2.14. The molecule has 8 heteroatoms. The molecule has 1 rings (SSSR count). The fourth-order valence-corrected chi connectivity index (χ4v) is 1.65. The fourth-order valence-electron chi connectivity index (χ4n) is 1.37. The molecule has 1 unspecified atom stereocenters. The van der Waals surface area contributed by atoms with Crippen LogP contribution in [0.5, 0.6) is 0 Å². The summed E-state index contributed by atoms with van der Waals surface area (Å²) in [5.41, 5.74) is 8.34. The predicted octanol–water partition coefficient (Wildman–Crippen LogP) is 2.50. The van der Waals surface area contributed by atoms with Gasteiger partial charge in [-0.15, -0.1) is 0 Å². The van der Waals surface area contributed by atoms with E-state index >= 15 is 0 Å². The average Bonchev–Trinajstić information content (AvgIpc) is 2.30. The Balaban J connectivity index is 2.84. The molecule has 96 valence electrons. The number of nitrogens with zero attached hydrogens (tertiary/aromatic N) is 3. The van der Waals surface area contributed by atoms with Gasteiger partial charge in [0.2, 0.25) is 0 Å². The SMILES string of the molecule is [N-]=[N+]=NCCNC(C(=O)O)c1ccc(F)cc1Cl. The van der Waals surface area contributed by atoms with E-state index in [4.69, 9.17) is 22.2 Å². The molecule has 0 fully saturated rings. The minimum Gasteiger partial charge on any atom is -0.480 e. The number of nitrogens with one attached hydrogen (secondary N) is 1. The number of carboxylic acids is 1. The summed E-state index contributed by atoms with van der Waals surface area (Å²) in [7, 11) is 0. The molecule has 2 N–H and O–H groups in total. The monoisotopic (exact) mass is 272 g/mol.